The molecule has 1 atom stereocenters. The van der Waals surface area contributed by atoms with E-state index in [-0.39, 0.29) is 11.5 Å². The number of carbonyl (C=O) groups excluding carboxylic acids is 1. The van der Waals surface area contributed by atoms with Crippen molar-refractivity contribution in [2.24, 2.45) is 0 Å². The summed E-state index contributed by atoms with van der Waals surface area (Å²) in [5.41, 5.74) is 1.90. The fourth-order valence-electron chi connectivity index (χ4n) is 2.41. The van der Waals surface area contributed by atoms with Gasteiger partial charge in [-0.15, -0.1) is 0 Å². The molecule has 0 aliphatic carbocycles. The quantitative estimate of drug-likeness (QED) is 0.848. The molecule has 0 saturated carbocycles. The molecule has 1 N–H and O–H groups in total. The molecule has 126 valence electrons. The molecule has 1 unspecified atom stereocenters. The van der Waals surface area contributed by atoms with Crippen molar-refractivity contribution in [1.29, 1.82) is 0 Å². The van der Waals surface area contributed by atoms with Gasteiger partial charge >= 0.3 is 5.97 Å². The van der Waals surface area contributed by atoms with Gasteiger partial charge in [0.25, 0.3) is 5.91 Å². The van der Waals surface area contributed by atoms with Crippen LogP contribution >= 0.6 is 0 Å². The van der Waals surface area contributed by atoms with Gasteiger partial charge in [0.1, 0.15) is 0 Å². The van der Waals surface area contributed by atoms with Crippen LogP contribution in [0, 0.1) is 0 Å². The minimum Gasteiger partial charge on any atom is -0.478 e. The molecule has 0 spiro atoms. The minimum atomic E-state index is -0.966. The zero-order valence-corrected chi connectivity index (χ0v) is 13.8. The zero-order valence-electron chi connectivity index (χ0n) is 13.8. The number of ether oxygens (including phenoxy) is 1. The summed E-state index contributed by atoms with van der Waals surface area (Å²) >= 11 is 0. The van der Waals surface area contributed by atoms with Crippen LogP contribution in [-0.4, -0.2) is 35.5 Å². The molecule has 0 radical (unpaired) electrons. The number of hydrogen-bond acceptors (Lipinski definition) is 3. The summed E-state index contributed by atoms with van der Waals surface area (Å²) in [6, 6.07) is 15.9. The molecular formula is C19H21NO4. The van der Waals surface area contributed by atoms with Gasteiger partial charge in [0, 0.05) is 20.2 Å². The third-order valence-electron chi connectivity index (χ3n) is 3.66. The van der Waals surface area contributed by atoms with Gasteiger partial charge in [-0.2, -0.15) is 0 Å². The van der Waals surface area contributed by atoms with Crippen LogP contribution in [-0.2, 0) is 16.1 Å². The molecule has 5 nitrogen and oxygen atoms in total. The average Bonchev–Trinajstić information content (AvgIpc) is 2.60. The van der Waals surface area contributed by atoms with E-state index in [0.717, 1.165) is 11.1 Å². The molecule has 0 fully saturated rings. The van der Waals surface area contributed by atoms with Gasteiger partial charge in [0.2, 0.25) is 0 Å². The van der Waals surface area contributed by atoms with E-state index >= 15 is 0 Å². The van der Waals surface area contributed by atoms with E-state index in [9.17, 15) is 9.59 Å². The largest absolute Gasteiger partial charge is 0.478 e. The number of aromatic carboxylic acids is 1. The van der Waals surface area contributed by atoms with E-state index in [1.807, 2.05) is 37.3 Å². The van der Waals surface area contributed by atoms with Crippen molar-refractivity contribution < 1.29 is 19.4 Å². The van der Waals surface area contributed by atoms with Crippen molar-refractivity contribution in [3.05, 3.63) is 71.3 Å². The minimum absolute atomic E-state index is 0.134. The summed E-state index contributed by atoms with van der Waals surface area (Å²) in [4.78, 5) is 25.2. The van der Waals surface area contributed by atoms with Gasteiger partial charge in [0.15, 0.2) is 6.10 Å². The second kappa shape index (κ2) is 8.26. The molecule has 0 bridgehead atoms. The Labute approximate surface area is 141 Å². The second-order valence-corrected chi connectivity index (χ2v) is 5.44. The molecule has 0 aliphatic heterocycles. The van der Waals surface area contributed by atoms with Gasteiger partial charge in [0.05, 0.1) is 5.56 Å². The maximum absolute atomic E-state index is 12.7. The molecule has 2 aromatic rings. The van der Waals surface area contributed by atoms with E-state index in [0.29, 0.717) is 13.2 Å². The summed E-state index contributed by atoms with van der Waals surface area (Å²) in [5, 5.41) is 8.92. The summed E-state index contributed by atoms with van der Waals surface area (Å²) in [6.07, 6.45) is -0.639. The molecule has 0 aromatic heterocycles. The first-order valence-electron chi connectivity index (χ1n) is 7.76. The molecule has 5 heteroatoms. The summed E-state index contributed by atoms with van der Waals surface area (Å²) < 4.78 is 5.63. The van der Waals surface area contributed by atoms with Crippen molar-refractivity contribution in [1.82, 2.24) is 4.90 Å². The molecule has 0 heterocycles. The van der Waals surface area contributed by atoms with Crippen LogP contribution in [0.4, 0.5) is 0 Å². The number of benzene rings is 2. The first kappa shape index (κ1) is 17.7. The molecular weight excluding hydrogens is 306 g/mol. The Balaban J connectivity index is 2.10. The number of hydrogen-bond donors (Lipinski definition) is 1. The highest BCUT2D eigenvalue weighted by Gasteiger charge is 2.24. The topological polar surface area (TPSA) is 66.8 Å². The highest BCUT2D eigenvalue weighted by molar-refractivity contribution is 5.87. The third-order valence-corrected chi connectivity index (χ3v) is 3.66. The first-order chi connectivity index (χ1) is 11.5. The Morgan fingerprint density at radius 2 is 1.71 bits per heavy atom. The number of likely N-dealkylation sites (N-methyl/N-ethyl adjacent to an activating group) is 1. The van der Waals surface area contributed by atoms with Gasteiger partial charge in [-0.1, -0.05) is 42.5 Å². The average molecular weight is 327 g/mol. The van der Waals surface area contributed by atoms with Crippen LogP contribution in [0.5, 0.6) is 0 Å². The highest BCUT2D eigenvalue weighted by atomic mass is 16.5. The van der Waals surface area contributed by atoms with Crippen LogP contribution in [0.2, 0.25) is 0 Å². The Morgan fingerprint density at radius 3 is 2.25 bits per heavy atom. The smallest absolute Gasteiger partial charge is 0.335 e. The predicted molar refractivity (Wildman–Crippen MR) is 90.7 cm³/mol. The van der Waals surface area contributed by atoms with Crippen LogP contribution in [0.1, 0.15) is 34.5 Å². The SMILES string of the molecule is CCOC(C(=O)N(C)Cc1ccc(C(=O)O)cc1)c1ccccc1. The van der Waals surface area contributed by atoms with E-state index in [1.165, 1.54) is 12.1 Å². The number of carboxylic acid groups (broad SMARTS) is 1. The summed E-state index contributed by atoms with van der Waals surface area (Å²) in [6.45, 7) is 2.68. The number of rotatable bonds is 7. The fourth-order valence-corrected chi connectivity index (χ4v) is 2.41. The molecule has 0 aliphatic rings. The molecule has 0 saturated heterocycles. The number of amides is 1. The first-order valence-corrected chi connectivity index (χ1v) is 7.76. The molecule has 2 aromatic carbocycles. The van der Waals surface area contributed by atoms with Crippen LogP contribution in [0.3, 0.4) is 0 Å². The van der Waals surface area contributed by atoms with Gasteiger partial charge in [-0.3, -0.25) is 4.79 Å². The van der Waals surface area contributed by atoms with Gasteiger partial charge in [-0.05, 0) is 30.2 Å². The van der Waals surface area contributed by atoms with E-state index in [1.54, 1.807) is 24.1 Å². The van der Waals surface area contributed by atoms with Crippen molar-refractivity contribution in [3.8, 4) is 0 Å². The monoisotopic (exact) mass is 327 g/mol. The lowest BCUT2D eigenvalue weighted by Crippen LogP contribution is -2.32. The van der Waals surface area contributed by atoms with Gasteiger partial charge < -0.3 is 14.7 Å². The molecule has 24 heavy (non-hydrogen) atoms. The van der Waals surface area contributed by atoms with Gasteiger partial charge in [-0.25, -0.2) is 4.79 Å². The summed E-state index contributed by atoms with van der Waals surface area (Å²) in [5.74, 6) is -1.10. The van der Waals surface area contributed by atoms with E-state index < -0.39 is 12.1 Å². The summed E-state index contributed by atoms with van der Waals surface area (Å²) in [7, 11) is 1.71. The molecule has 1 amide bonds. The Bertz CT molecular complexity index is 682. The van der Waals surface area contributed by atoms with Crippen LogP contribution in [0.25, 0.3) is 0 Å². The van der Waals surface area contributed by atoms with Crippen molar-refractivity contribution >= 4 is 11.9 Å². The maximum atomic E-state index is 12.7. The Hall–Kier alpha value is -2.66. The Kier molecular flexibility index (Phi) is 6.09. The van der Waals surface area contributed by atoms with Crippen molar-refractivity contribution in [2.45, 2.75) is 19.6 Å². The lowest BCUT2D eigenvalue weighted by Gasteiger charge is -2.24. The van der Waals surface area contributed by atoms with Crippen molar-refractivity contribution in [2.75, 3.05) is 13.7 Å². The number of carboxylic acids is 1. The second-order valence-electron chi connectivity index (χ2n) is 5.44. The predicted octanol–water partition coefficient (Wildman–Crippen LogP) is 3.12. The van der Waals surface area contributed by atoms with Crippen LogP contribution < -0.4 is 0 Å². The number of nitrogens with zero attached hydrogens (tertiary/aromatic N) is 1. The normalized spacial score (nSPS) is 11.8. The zero-order chi connectivity index (χ0) is 17.5. The standard InChI is InChI=1S/C19H21NO4/c1-3-24-17(15-7-5-4-6-8-15)18(21)20(2)13-14-9-11-16(12-10-14)19(22)23/h4-12,17H,3,13H2,1-2H3,(H,22,23). The lowest BCUT2D eigenvalue weighted by atomic mass is 10.1. The molecule has 2 rings (SSSR count). The van der Waals surface area contributed by atoms with Crippen molar-refractivity contribution in [3.63, 3.8) is 0 Å². The number of carbonyl (C=O) groups is 2. The Morgan fingerprint density at radius 1 is 1.08 bits per heavy atom. The maximum Gasteiger partial charge on any atom is 0.335 e. The third kappa shape index (κ3) is 4.43. The lowest BCUT2D eigenvalue weighted by molar-refractivity contribution is -0.143. The van der Waals surface area contributed by atoms with Crippen LogP contribution in [0.15, 0.2) is 54.6 Å². The van der Waals surface area contributed by atoms with E-state index in [4.69, 9.17) is 9.84 Å². The highest BCUT2D eigenvalue weighted by Crippen LogP contribution is 2.20. The van der Waals surface area contributed by atoms with E-state index in [2.05, 4.69) is 0 Å². The fraction of sp³-hybridized carbons (Fsp3) is 0.263.